The van der Waals surface area contributed by atoms with Crippen molar-refractivity contribution in [3.63, 3.8) is 0 Å². The Balaban J connectivity index is 2.29. The lowest BCUT2D eigenvalue weighted by molar-refractivity contribution is -0.134. The molecule has 1 heterocycles. The number of likely N-dealkylation sites (tertiary alicyclic amines) is 1. The van der Waals surface area contributed by atoms with Gasteiger partial charge in [0, 0.05) is 13.1 Å². The Morgan fingerprint density at radius 3 is 2.46 bits per heavy atom. The van der Waals surface area contributed by atoms with E-state index in [1.807, 2.05) is 20.8 Å². The molecule has 0 spiro atoms. The second-order valence-corrected chi connectivity index (χ2v) is 9.03. The molecule has 146 valence electrons. The van der Waals surface area contributed by atoms with Crippen LogP contribution in [-0.2, 0) is 14.8 Å². The highest BCUT2D eigenvalue weighted by Gasteiger charge is 2.31. The smallest absolute Gasteiger partial charge is 0.244 e. The van der Waals surface area contributed by atoms with Gasteiger partial charge in [0.25, 0.3) is 0 Å². The maximum atomic E-state index is 13.0. The molecule has 0 aromatic heterocycles. The monoisotopic (exact) mass is 382 g/mol. The molecule has 26 heavy (non-hydrogen) atoms. The highest BCUT2D eigenvalue weighted by molar-refractivity contribution is 7.89. The van der Waals surface area contributed by atoms with E-state index in [0.29, 0.717) is 19.5 Å². The van der Waals surface area contributed by atoms with E-state index >= 15 is 0 Å². The minimum Gasteiger partial charge on any atom is -0.495 e. The summed E-state index contributed by atoms with van der Waals surface area (Å²) >= 11 is 0. The number of amides is 1. The number of rotatable bonds is 7. The van der Waals surface area contributed by atoms with Crippen LogP contribution < -0.4 is 9.46 Å². The summed E-state index contributed by atoms with van der Waals surface area (Å²) in [6, 6.07) is 4.23. The zero-order valence-corrected chi connectivity index (χ0v) is 16.9. The number of nitrogens with one attached hydrogen (secondary N) is 1. The van der Waals surface area contributed by atoms with E-state index < -0.39 is 16.1 Å². The first kappa shape index (κ1) is 20.7. The molecule has 0 saturated carbocycles. The number of nitrogens with zero attached hydrogens (tertiary/aromatic N) is 1. The fraction of sp³-hybridized carbons (Fsp3) is 0.632. The van der Waals surface area contributed by atoms with Crippen molar-refractivity contribution >= 4 is 15.9 Å². The Labute approximate surface area is 157 Å². The van der Waals surface area contributed by atoms with Crippen molar-refractivity contribution in [2.45, 2.75) is 57.4 Å². The largest absolute Gasteiger partial charge is 0.495 e. The van der Waals surface area contributed by atoms with E-state index in [9.17, 15) is 13.2 Å². The third kappa shape index (κ3) is 5.20. The standard InChI is InChI=1S/C19H30N2O4S/c1-14(2)12-16(19(22)21-10-6-5-7-11-21)20-26(23,24)18-13-15(3)8-9-17(18)25-4/h8-9,13-14,16,20H,5-7,10-12H2,1-4H3/t16-/m0/s1. The Bertz CT molecular complexity index is 725. The molecule has 1 atom stereocenters. The Hall–Kier alpha value is -1.60. The van der Waals surface area contributed by atoms with E-state index in [-0.39, 0.29) is 22.5 Å². The molecule has 1 amide bonds. The zero-order chi connectivity index (χ0) is 19.3. The van der Waals surface area contributed by atoms with E-state index in [0.717, 1.165) is 24.8 Å². The number of sulfonamides is 1. The summed E-state index contributed by atoms with van der Waals surface area (Å²) in [5.74, 6) is 0.334. The van der Waals surface area contributed by atoms with Crippen molar-refractivity contribution in [3.8, 4) is 5.75 Å². The van der Waals surface area contributed by atoms with Crippen LogP contribution in [0.3, 0.4) is 0 Å². The Kier molecular flexibility index (Phi) is 7.06. The van der Waals surface area contributed by atoms with Crippen molar-refractivity contribution in [1.82, 2.24) is 9.62 Å². The lowest BCUT2D eigenvalue weighted by Gasteiger charge is -2.31. The van der Waals surface area contributed by atoms with Crippen LogP contribution in [0.4, 0.5) is 0 Å². The summed E-state index contributed by atoms with van der Waals surface area (Å²) < 4.78 is 33.8. The molecule has 0 bridgehead atoms. The number of carbonyl (C=O) groups is 1. The lowest BCUT2D eigenvalue weighted by Crippen LogP contribution is -2.50. The topological polar surface area (TPSA) is 75.7 Å². The second-order valence-electron chi connectivity index (χ2n) is 7.34. The molecule has 1 fully saturated rings. The number of hydrogen-bond donors (Lipinski definition) is 1. The molecule has 0 unspecified atom stereocenters. The summed E-state index contributed by atoms with van der Waals surface area (Å²) in [5, 5.41) is 0. The molecule has 1 aliphatic heterocycles. The van der Waals surface area contributed by atoms with E-state index in [1.54, 1.807) is 23.1 Å². The van der Waals surface area contributed by atoms with Gasteiger partial charge < -0.3 is 9.64 Å². The maximum absolute atomic E-state index is 13.0. The van der Waals surface area contributed by atoms with E-state index in [1.165, 1.54) is 7.11 Å². The second kappa shape index (κ2) is 8.86. The van der Waals surface area contributed by atoms with Crippen molar-refractivity contribution < 1.29 is 17.9 Å². The summed E-state index contributed by atoms with van der Waals surface area (Å²) in [4.78, 5) is 14.8. The molecule has 0 aliphatic carbocycles. The molecule has 0 radical (unpaired) electrons. The number of aryl methyl sites for hydroxylation is 1. The van der Waals surface area contributed by atoms with Crippen LogP contribution in [0.15, 0.2) is 23.1 Å². The minimum atomic E-state index is -3.88. The molecule has 1 N–H and O–H groups in total. The molecule has 1 aromatic rings. The molecule has 1 aromatic carbocycles. The fourth-order valence-electron chi connectivity index (χ4n) is 3.25. The third-order valence-corrected chi connectivity index (χ3v) is 6.07. The van der Waals surface area contributed by atoms with Gasteiger partial charge in [0.1, 0.15) is 16.7 Å². The maximum Gasteiger partial charge on any atom is 0.244 e. The zero-order valence-electron chi connectivity index (χ0n) is 16.1. The third-order valence-electron chi connectivity index (χ3n) is 4.58. The summed E-state index contributed by atoms with van der Waals surface area (Å²) in [6.07, 6.45) is 3.52. The van der Waals surface area contributed by atoms with Gasteiger partial charge in [0.2, 0.25) is 15.9 Å². The van der Waals surface area contributed by atoms with Crippen LogP contribution in [0.2, 0.25) is 0 Å². The first-order valence-electron chi connectivity index (χ1n) is 9.20. The molecule has 7 heteroatoms. The number of ether oxygens (including phenoxy) is 1. The average molecular weight is 383 g/mol. The summed E-state index contributed by atoms with van der Waals surface area (Å²) in [7, 11) is -2.44. The van der Waals surface area contributed by atoms with Crippen molar-refractivity contribution in [2.24, 2.45) is 5.92 Å². The summed E-state index contributed by atoms with van der Waals surface area (Å²) in [5.41, 5.74) is 0.814. The van der Waals surface area contributed by atoms with Crippen LogP contribution in [0.1, 0.15) is 45.1 Å². The van der Waals surface area contributed by atoms with Crippen LogP contribution in [0.5, 0.6) is 5.75 Å². The van der Waals surface area contributed by atoms with Gasteiger partial charge in [-0.1, -0.05) is 19.9 Å². The minimum absolute atomic E-state index is 0.0696. The molecule has 2 rings (SSSR count). The lowest BCUT2D eigenvalue weighted by atomic mass is 10.0. The highest BCUT2D eigenvalue weighted by Crippen LogP contribution is 2.25. The van der Waals surface area contributed by atoms with Crippen LogP contribution in [0, 0.1) is 12.8 Å². The quantitative estimate of drug-likeness (QED) is 0.787. The Morgan fingerprint density at radius 2 is 1.88 bits per heavy atom. The molecular weight excluding hydrogens is 352 g/mol. The average Bonchev–Trinajstić information content (AvgIpc) is 2.60. The van der Waals surface area contributed by atoms with Crippen LogP contribution >= 0.6 is 0 Å². The Morgan fingerprint density at radius 1 is 1.23 bits per heavy atom. The number of hydrogen-bond acceptors (Lipinski definition) is 4. The van der Waals surface area contributed by atoms with Gasteiger partial charge in [-0.05, 0) is 56.2 Å². The fourth-order valence-corrected chi connectivity index (χ4v) is 4.71. The predicted molar refractivity (Wildman–Crippen MR) is 102 cm³/mol. The predicted octanol–water partition coefficient (Wildman–Crippen LogP) is 2.71. The van der Waals surface area contributed by atoms with Gasteiger partial charge in [-0.25, -0.2) is 8.42 Å². The van der Waals surface area contributed by atoms with Gasteiger partial charge in [-0.15, -0.1) is 0 Å². The van der Waals surface area contributed by atoms with Gasteiger partial charge in [-0.2, -0.15) is 4.72 Å². The van der Waals surface area contributed by atoms with Crippen molar-refractivity contribution in [2.75, 3.05) is 20.2 Å². The number of carbonyl (C=O) groups excluding carboxylic acids is 1. The van der Waals surface area contributed by atoms with Crippen molar-refractivity contribution in [1.29, 1.82) is 0 Å². The molecule has 1 aliphatic rings. The van der Waals surface area contributed by atoms with Gasteiger partial charge in [-0.3, -0.25) is 4.79 Å². The molecule has 1 saturated heterocycles. The first-order valence-corrected chi connectivity index (χ1v) is 10.7. The van der Waals surface area contributed by atoms with Gasteiger partial charge in [0.05, 0.1) is 7.11 Å². The summed E-state index contributed by atoms with van der Waals surface area (Å²) in [6.45, 7) is 7.19. The molecular formula is C19H30N2O4S. The SMILES string of the molecule is COc1ccc(C)cc1S(=O)(=O)N[C@@H](CC(C)C)C(=O)N1CCCCC1. The van der Waals surface area contributed by atoms with Crippen LogP contribution in [-0.4, -0.2) is 45.5 Å². The highest BCUT2D eigenvalue weighted by atomic mass is 32.2. The van der Waals surface area contributed by atoms with Crippen LogP contribution in [0.25, 0.3) is 0 Å². The van der Waals surface area contributed by atoms with Crippen molar-refractivity contribution in [3.05, 3.63) is 23.8 Å². The normalized spacial score (nSPS) is 16.6. The number of benzene rings is 1. The number of piperidine rings is 1. The van der Waals surface area contributed by atoms with Gasteiger partial charge in [0.15, 0.2) is 0 Å². The van der Waals surface area contributed by atoms with E-state index in [2.05, 4.69) is 4.72 Å². The number of methoxy groups -OCH3 is 1. The first-order chi connectivity index (χ1) is 12.2. The van der Waals surface area contributed by atoms with E-state index in [4.69, 9.17) is 4.74 Å². The molecule has 6 nitrogen and oxygen atoms in total. The van der Waals surface area contributed by atoms with Gasteiger partial charge >= 0.3 is 0 Å².